The van der Waals surface area contributed by atoms with Gasteiger partial charge in [0.1, 0.15) is 0 Å². The molecule has 1 saturated heterocycles. The molecular weight excluding hydrogens is 164 g/mol. The normalized spacial score (nSPS) is 22.1. The summed E-state index contributed by atoms with van der Waals surface area (Å²) in [6.07, 6.45) is 1.84. The summed E-state index contributed by atoms with van der Waals surface area (Å²) in [5, 5.41) is 15.3. The second kappa shape index (κ2) is 3.29. The fraction of sp³-hybridized carbons (Fsp3) is 0.900. The first kappa shape index (κ1) is 10.5. The molecule has 0 atom stereocenters. The van der Waals surface area contributed by atoms with Crippen molar-refractivity contribution in [2.24, 2.45) is 15.9 Å². The molecule has 0 aromatic rings. The Kier molecular flexibility index (Phi) is 2.66. The van der Waals surface area contributed by atoms with Gasteiger partial charge in [-0.1, -0.05) is 27.7 Å². The summed E-state index contributed by atoms with van der Waals surface area (Å²) in [6.45, 7) is 10.6. The smallest absolute Gasteiger partial charge is 0.0532 e. The topological polar surface area (TPSA) is 35.8 Å². The minimum atomic E-state index is -0.195. The third-order valence-electron chi connectivity index (χ3n) is 2.20. The molecular formula is C10H20N2O. The van der Waals surface area contributed by atoms with Crippen LogP contribution >= 0.6 is 0 Å². The van der Waals surface area contributed by atoms with E-state index in [9.17, 15) is 0 Å². The van der Waals surface area contributed by atoms with E-state index in [2.05, 4.69) is 18.9 Å². The molecule has 1 fully saturated rings. The molecule has 0 amide bonds. The van der Waals surface area contributed by atoms with Crippen LogP contribution in [0, 0.1) is 10.8 Å². The molecule has 0 radical (unpaired) electrons. The number of aliphatic hydroxyl groups is 1. The van der Waals surface area contributed by atoms with Crippen molar-refractivity contribution in [3.05, 3.63) is 0 Å². The summed E-state index contributed by atoms with van der Waals surface area (Å²) in [5.74, 6) is 0. The van der Waals surface area contributed by atoms with Gasteiger partial charge in [-0.25, -0.2) is 0 Å². The van der Waals surface area contributed by atoms with Crippen molar-refractivity contribution in [1.82, 2.24) is 5.01 Å². The van der Waals surface area contributed by atoms with Crippen molar-refractivity contribution in [3.63, 3.8) is 0 Å². The first-order valence-electron chi connectivity index (χ1n) is 4.76. The van der Waals surface area contributed by atoms with Crippen LogP contribution in [-0.2, 0) is 0 Å². The van der Waals surface area contributed by atoms with Crippen LogP contribution in [0.3, 0.4) is 0 Å². The van der Waals surface area contributed by atoms with Gasteiger partial charge in [0.2, 0.25) is 0 Å². The number of hydrogen-bond donors (Lipinski definition) is 1. The van der Waals surface area contributed by atoms with E-state index in [-0.39, 0.29) is 12.0 Å². The van der Waals surface area contributed by atoms with Gasteiger partial charge in [-0.05, 0) is 0 Å². The van der Waals surface area contributed by atoms with Gasteiger partial charge >= 0.3 is 0 Å². The van der Waals surface area contributed by atoms with E-state index in [1.807, 2.05) is 25.1 Å². The monoisotopic (exact) mass is 184 g/mol. The zero-order valence-corrected chi connectivity index (χ0v) is 9.04. The number of aliphatic hydroxyl groups excluding tert-OH is 1. The summed E-state index contributed by atoms with van der Waals surface area (Å²) in [6, 6.07) is 0. The summed E-state index contributed by atoms with van der Waals surface area (Å²) in [4.78, 5) is 0. The molecule has 0 spiro atoms. The first-order valence-corrected chi connectivity index (χ1v) is 4.76. The Morgan fingerprint density at radius 3 is 2.38 bits per heavy atom. The van der Waals surface area contributed by atoms with Crippen molar-refractivity contribution in [2.75, 3.05) is 19.7 Å². The molecule has 3 nitrogen and oxygen atoms in total. The minimum Gasteiger partial charge on any atom is -0.395 e. The quantitative estimate of drug-likeness (QED) is 0.672. The van der Waals surface area contributed by atoms with Crippen LogP contribution in [0.2, 0.25) is 0 Å². The fourth-order valence-electron chi connectivity index (χ4n) is 1.30. The van der Waals surface area contributed by atoms with Crippen LogP contribution < -0.4 is 0 Å². The zero-order valence-electron chi connectivity index (χ0n) is 9.04. The van der Waals surface area contributed by atoms with Crippen LogP contribution in [0.1, 0.15) is 27.7 Å². The Morgan fingerprint density at radius 2 is 2.00 bits per heavy atom. The van der Waals surface area contributed by atoms with E-state index < -0.39 is 0 Å². The highest BCUT2D eigenvalue weighted by Crippen LogP contribution is 2.28. The van der Waals surface area contributed by atoms with E-state index in [1.165, 1.54) is 0 Å². The van der Waals surface area contributed by atoms with Gasteiger partial charge < -0.3 is 5.11 Å². The van der Waals surface area contributed by atoms with Crippen LogP contribution in [0.5, 0.6) is 0 Å². The molecule has 1 rings (SSSR count). The van der Waals surface area contributed by atoms with E-state index in [0.717, 1.165) is 13.1 Å². The largest absolute Gasteiger partial charge is 0.395 e. The SMILES string of the molecule is CC(C)(/C=N/N1CC(C)(C)C1)CO. The highest BCUT2D eigenvalue weighted by molar-refractivity contribution is 5.64. The third kappa shape index (κ3) is 2.99. The van der Waals surface area contributed by atoms with E-state index in [1.54, 1.807) is 0 Å². The van der Waals surface area contributed by atoms with Gasteiger partial charge in [-0.15, -0.1) is 0 Å². The second-order valence-corrected chi connectivity index (χ2v) is 5.38. The molecule has 0 aromatic heterocycles. The lowest BCUT2D eigenvalue weighted by atomic mass is 9.86. The summed E-state index contributed by atoms with van der Waals surface area (Å²) in [7, 11) is 0. The molecule has 0 unspecified atom stereocenters. The standard InChI is InChI=1S/C10H20N2O/c1-9(2,8-13)5-11-12-6-10(3,4)7-12/h5,13H,6-8H2,1-4H3/b11-5+. The Morgan fingerprint density at radius 1 is 1.46 bits per heavy atom. The maximum absolute atomic E-state index is 8.99. The van der Waals surface area contributed by atoms with E-state index in [4.69, 9.17) is 5.11 Å². The van der Waals surface area contributed by atoms with Gasteiger partial charge in [0.25, 0.3) is 0 Å². The van der Waals surface area contributed by atoms with Crippen molar-refractivity contribution >= 4 is 6.21 Å². The third-order valence-corrected chi connectivity index (χ3v) is 2.20. The Labute approximate surface area is 80.4 Å². The van der Waals surface area contributed by atoms with Crippen LogP contribution in [-0.4, -0.2) is 36.0 Å². The lowest BCUT2D eigenvalue weighted by Crippen LogP contribution is -2.50. The number of hydrogen-bond acceptors (Lipinski definition) is 3. The van der Waals surface area contributed by atoms with Gasteiger partial charge in [0, 0.05) is 30.1 Å². The number of nitrogens with zero attached hydrogens (tertiary/aromatic N) is 2. The highest BCUT2D eigenvalue weighted by atomic mass is 16.3. The average Bonchev–Trinajstić information content (AvgIpc) is 1.97. The van der Waals surface area contributed by atoms with Gasteiger partial charge in [0.05, 0.1) is 6.61 Å². The molecule has 0 aliphatic carbocycles. The molecule has 76 valence electrons. The predicted molar refractivity (Wildman–Crippen MR) is 54.7 cm³/mol. The first-order chi connectivity index (χ1) is 5.85. The van der Waals surface area contributed by atoms with E-state index in [0.29, 0.717) is 5.41 Å². The summed E-state index contributed by atoms with van der Waals surface area (Å²) >= 11 is 0. The lowest BCUT2D eigenvalue weighted by Gasteiger charge is -2.44. The molecule has 13 heavy (non-hydrogen) atoms. The van der Waals surface area contributed by atoms with Crippen molar-refractivity contribution in [3.8, 4) is 0 Å². The minimum absolute atomic E-state index is 0.147. The summed E-state index contributed by atoms with van der Waals surface area (Å²) in [5.41, 5.74) is 0.223. The molecule has 3 heteroatoms. The second-order valence-electron chi connectivity index (χ2n) is 5.38. The molecule has 1 heterocycles. The van der Waals surface area contributed by atoms with Crippen LogP contribution in [0.4, 0.5) is 0 Å². The van der Waals surface area contributed by atoms with Crippen molar-refractivity contribution < 1.29 is 5.11 Å². The maximum Gasteiger partial charge on any atom is 0.0532 e. The van der Waals surface area contributed by atoms with Crippen molar-refractivity contribution in [1.29, 1.82) is 0 Å². The maximum atomic E-state index is 8.99. The summed E-state index contributed by atoms with van der Waals surface area (Å²) < 4.78 is 0. The Balaban J connectivity index is 2.35. The average molecular weight is 184 g/mol. The van der Waals surface area contributed by atoms with Crippen molar-refractivity contribution in [2.45, 2.75) is 27.7 Å². The van der Waals surface area contributed by atoms with Gasteiger partial charge in [-0.3, -0.25) is 5.01 Å². The predicted octanol–water partition coefficient (Wildman–Crippen LogP) is 1.33. The van der Waals surface area contributed by atoms with Crippen LogP contribution in [0.15, 0.2) is 5.10 Å². The number of rotatable bonds is 3. The Hall–Kier alpha value is -0.570. The Bertz CT molecular complexity index is 201. The molecule has 1 N–H and O–H groups in total. The van der Waals surface area contributed by atoms with Crippen LogP contribution in [0.25, 0.3) is 0 Å². The van der Waals surface area contributed by atoms with Gasteiger partial charge in [0.15, 0.2) is 0 Å². The molecule has 1 aliphatic heterocycles. The molecule has 0 aromatic carbocycles. The molecule has 1 aliphatic rings. The molecule has 0 saturated carbocycles. The number of hydrazone groups is 1. The highest BCUT2D eigenvalue weighted by Gasteiger charge is 2.33. The lowest BCUT2D eigenvalue weighted by molar-refractivity contribution is 0.0335. The van der Waals surface area contributed by atoms with E-state index >= 15 is 0 Å². The van der Waals surface area contributed by atoms with Gasteiger partial charge in [-0.2, -0.15) is 5.10 Å². The fourth-order valence-corrected chi connectivity index (χ4v) is 1.30. The zero-order chi connectivity index (χ0) is 10.1. The molecule has 0 bridgehead atoms.